The van der Waals surface area contributed by atoms with Crippen LogP contribution in [0, 0.1) is 20.8 Å². The minimum absolute atomic E-state index is 0.877. The predicted octanol–water partition coefficient (Wildman–Crippen LogP) is 3.51. The standard InChI is InChI=1S/C22H27N5/c1-17-8-4-5-9-20(17)16-25-12-14-26(15-13-25)22-18(2)24-27(19(22)3)21-10-6-7-11-23-21/h4-11H,12-16H2,1-3H3. The molecule has 1 aliphatic heterocycles. The van der Waals surface area contributed by atoms with Gasteiger partial charge in [-0.25, -0.2) is 9.67 Å². The lowest BCUT2D eigenvalue weighted by Crippen LogP contribution is -2.46. The third-order valence-corrected chi connectivity index (χ3v) is 5.46. The van der Waals surface area contributed by atoms with Gasteiger partial charge in [-0.05, 0) is 44.0 Å². The van der Waals surface area contributed by atoms with E-state index in [4.69, 9.17) is 5.10 Å². The number of nitrogens with zero attached hydrogens (tertiary/aromatic N) is 5. The molecule has 0 unspecified atom stereocenters. The van der Waals surface area contributed by atoms with Crippen molar-refractivity contribution in [3.63, 3.8) is 0 Å². The smallest absolute Gasteiger partial charge is 0.153 e. The molecule has 4 rings (SSSR count). The van der Waals surface area contributed by atoms with Crippen LogP contribution < -0.4 is 4.90 Å². The summed E-state index contributed by atoms with van der Waals surface area (Å²) in [5, 5.41) is 4.75. The molecular formula is C22H27N5. The predicted molar refractivity (Wildman–Crippen MR) is 110 cm³/mol. The number of pyridine rings is 1. The van der Waals surface area contributed by atoms with Crippen LogP contribution in [-0.2, 0) is 6.54 Å². The van der Waals surface area contributed by atoms with E-state index >= 15 is 0 Å². The lowest BCUT2D eigenvalue weighted by molar-refractivity contribution is 0.249. The van der Waals surface area contributed by atoms with Crippen LogP contribution in [0.4, 0.5) is 5.69 Å². The van der Waals surface area contributed by atoms with Crippen LogP contribution in [0.2, 0.25) is 0 Å². The van der Waals surface area contributed by atoms with Crippen molar-refractivity contribution in [2.24, 2.45) is 0 Å². The van der Waals surface area contributed by atoms with Gasteiger partial charge in [-0.2, -0.15) is 5.10 Å². The zero-order valence-corrected chi connectivity index (χ0v) is 16.4. The molecule has 1 aromatic carbocycles. The van der Waals surface area contributed by atoms with Gasteiger partial charge in [0.15, 0.2) is 5.82 Å². The maximum Gasteiger partial charge on any atom is 0.153 e. The zero-order valence-electron chi connectivity index (χ0n) is 16.4. The van der Waals surface area contributed by atoms with E-state index < -0.39 is 0 Å². The van der Waals surface area contributed by atoms with Gasteiger partial charge in [0, 0.05) is 38.9 Å². The number of aromatic nitrogens is 3. The molecule has 5 heteroatoms. The quantitative estimate of drug-likeness (QED) is 0.713. The Kier molecular flexibility index (Phi) is 4.94. The van der Waals surface area contributed by atoms with Gasteiger partial charge in [-0.3, -0.25) is 4.90 Å². The van der Waals surface area contributed by atoms with E-state index in [1.807, 2.05) is 29.1 Å². The second-order valence-corrected chi connectivity index (χ2v) is 7.31. The Labute approximate surface area is 161 Å². The summed E-state index contributed by atoms with van der Waals surface area (Å²) in [6.07, 6.45) is 1.82. The molecule has 140 valence electrons. The van der Waals surface area contributed by atoms with E-state index in [2.05, 4.69) is 59.8 Å². The molecule has 1 saturated heterocycles. The first-order valence-corrected chi connectivity index (χ1v) is 9.63. The molecule has 0 aliphatic carbocycles. The Balaban J connectivity index is 1.47. The highest BCUT2D eigenvalue weighted by molar-refractivity contribution is 5.56. The summed E-state index contributed by atoms with van der Waals surface area (Å²) in [6.45, 7) is 11.7. The van der Waals surface area contributed by atoms with Crippen molar-refractivity contribution in [2.45, 2.75) is 27.3 Å². The van der Waals surface area contributed by atoms with Crippen LogP contribution in [0.1, 0.15) is 22.5 Å². The first-order chi connectivity index (χ1) is 13.1. The third kappa shape index (κ3) is 3.60. The molecule has 0 radical (unpaired) electrons. The molecule has 0 bridgehead atoms. The van der Waals surface area contributed by atoms with Crippen molar-refractivity contribution >= 4 is 5.69 Å². The van der Waals surface area contributed by atoms with Gasteiger partial charge in [0.2, 0.25) is 0 Å². The third-order valence-electron chi connectivity index (χ3n) is 5.46. The summed E-state index contributed by atoms with van der Waals surface area (Å²) in [5.74, 6) is 0.877. The highest BCUT2D eigenvalue weighted by Gasteiger charge is 2.23. The average molecular weight is 361 g/mol. The molecule has 3 aromatic rings. The number of piperazine rings is 1. The maximum atomic E-state index is 4.75. The van der Waals surface area contributed by atoms with Crippen molar-refractivity contribution < 1.29 is 0 Å². The SMILES string of the molecule is Cc1ccccc1CN1CCN(c2c(C)nn(-c3ccccn3)c2C)CC1. The Hall–Kier alpha value is -2.66. The van der Waals surface area contributed by atoms with Gasteiger partial charge in [0.05, 0.1) is 17.1 Å². The Morgan fingerprint density at radius 1 is 0.889 bits per heavy atom. The summed E-state index contributed by atoms with van der Waals surface area (Å²) >= 11 is 0. The van der Waals surface area contributed by atoms with Crippen molar-refractivity contribution in [1.29, 1.82) is 0 Å². The van der Waals surface area contributed by atoms with Gasteiger partial charge in [0.25, 0.3) is 0 Å². The first kappa shape index (κ1) is 17.7. The van der Waals surface area contributed by atoms with E-state index in [1.165, 1.54) is 22.5 Å². The summed E-state index contributed by atoms with van der Waals surface area (Å²) in [7, 11) is 0. The maximum absolute atomic E-state index is 4.75. The highest BCUT2D eigenvalue weighted by atomic mass is 15.4. The fourth-order valence-corrected chi connectivity index (χ4v) is 3.95. The molecule has 1 fully saturated rings. The fraction of sp³-hybridized carbons (Fsp3) is 0.364. The lowest BCUT2D eigenvalue weighted by atomic mass is 10.1. The van der Waals surface area contributed by atoms with E-state index in [0.29, 0.717) is 0 Å². The number of hydrogen-bond acceptors (Lipinski definition) is 4. The van der Waals surface area contributed by atoms with Crippen LogP contribution in [0.3, 0.4) is 0 Å². The molecule has 0 saturated carbocycles. The molecule has 0 amide bonds. The fourth-order valence-electron chi connectivity index (χ4n) is 3.95. The van der Waals surface area contributed by atoms with Gasteiger partial charge < -0.3 is 4.90 Å². The van der Waals surface area contributed by atoms with Gasteiger partial charge in [0.1, 0.15) is 0 Å². The van der Waals surface area contributed by atoms with Crippen molar-refractivity contribution in [3.05, 3.63) is 71.2 Å². The topological polar surface area (TPSA) is 37.2 Å². The Bertz CT molecular complexity index is 908. The second kappa shape index (κ2) is 7.53. The summed E-state index contributed by atoms with van der Waals surface area (Å²) in [6, 6.07) is 14.6. The molecule has 3 heterocycles. The molecule has 5 nitrogen and oxygen atoms in total. The highest BCUT2D eigenvalue weighted by Crippen LogP contribution is 2.27. The van der Waals surface area contributed by atoms with Crippen molar-refractivity contribution in [1.82, 2.24) is 19.7 Å². The molecule has 0 N–H and O–H groups in total. The molecular weight excluding hydrogens is 334 g/mol. The van der Waals surface area contributed by atoms with E-state index in [-0.39, 0.29) is 0 Å². The second-order valence-electron chi connectivity index (χ2n) is 7.31. The average Bonchev–Trinajstić information content (AvgIpc) is 2.99. The molecule has 2 aromatic heterocycles. The number of hydrogen-bond donors (Lipinski definition) is 0. The summed E-state index contributed by atoms with van der Waals surface area (Å²) in [4.78, 5) is 9.48. The van der Waals surface area contributed by atoms with Gasteiger partial charge >= 0.3 is 0 Å². The normalized spacial score (nSPS) is 15.3. The summed E-state index contributed by atoms with van der Waals surface area (Å²) < 4.78 is 1.96. The number of aryl methyl sites for hydroxylation is 2. The molecule has 0 atom stereocenters. The zero-order chi connectivity index (χ0) is 18.8. The summed E-state index contributed by atoms with van der Waals surface area (Å²) in [5.41, 5.74) is 6.31. The Morgan fingerprint density at radius 2 is 1.63 bits per heavy atom. The van der Waals surface area contributed by atoms with E-state index in [9.17, 15) is 0 Å². The van der Waals surface area contributed by atoms with Crippen LogP contribution in [-0.4, -0.2) is 45.8 Å². The minimum atomic E-state index is 0.877. The van der Waals surface area contributed by atoms with Gasteiger partial charge in [-0.1, -0.05) is 30.3 Å². The molecule has 0 spiro atoms. The molecule has 27 heavy (non-hydrogen) atoms. The van der Waals surface area contributed by atoms with Crippen LogP contribution in [0.25, 0.3) is 5.82 Å². The van der Waals surface area contributed by atoms with Crippen molar-refractivity contribution in [3.8, 4) is 5.82 Å². The Morgan fingerprint density at radius 3 is 2.33 bits per heavy atom. The monoisotopic (exact) mass is 361 g/mol. The van der Waals surface area contributed by atoms with Crippen LogP contribution in [0.15, 0.2) is 48.7 Å². The van der Waals surface area contributed by atoms with Crippen LogP contribution >= 0.6 is 0 Å². The lowest BCUT2D eigenvalue weighted by Gasteiger charge is -2.36. The number of anilines is 1. The molecule has 1 aliphatic rings. The number of benzene rings is 1. The van der Waals surface area contributed by atoms with Crippen molar-refractivity contribution in [2.75, 3.05) is 31.1 Å². The largest absolute Gasteiger partial charge is 0.366 e. The first-order valence-electron chi connectivity index (χ1n) is 9.63. The number of rotatable bonds is 4. The minimum Gasteiger partial charge on any atom is -0.366 e. The van der Waals surface area contributed by atoms with Gasteiger partial charge in [-0.15, -0.1) is 0 Å². The van der Waals surface area contributed by atoms with E-state index in [0.717, 1.165) is 44.2 Å². The van der Waals surface area contributed by atoms with E-state index in [1.54, 1.807) is 0 Å². The van der Waals surface area contributed by atoms with Crippen LogP contribution in [0.5, 0.6) is 0 Å².